The second-order valence-corrected chi connectivity index (χ2v) is 11.1. The molecule has 0 bridgehead atoms. The van der Waals surface area contributed by atoms with E-state index in [9.17, 15) is 14.4 Å². The minimum atomic E-state index is -0.474. The molecule has 1 atom stereocenters. The average molecular weight is 519 g/mol. The number of nitrogens with zero attached hydrogens (tertiary/aromatic N) is 2. The summed E-state index contributed by atoms with van der Waals surface area (Å²) in [6.45, 7) is 11.1. The van der Waals surface area contributed by atoms with E-state index in [0.717, 1.165) is 36.9 Å². The fourth-order valence-corrected chi connectivity index (χ4v) is 4.85. The predicted molar refractivity (Wildman–Crippen MR) is 154 cm³/mol. The number of aromatic nitrogens is 2. The van der Waals surface area contributed by atoms with E-state index in [1.165, 1.54) is 4.57 Å². The van der Waals surface area contributed by atoms with Crippen molar-refractivity contribution in [1.29, 1.82) is 0 Å². The van der Waals surface area contributed by atoms with Crippen LogP contribution in [0.1, 0.15) is 66.7 Å². The molecule has 1 aromatic heterocycles. The molecule has 3 rings (SSSR count). The Morgan fingerprint density at radius 1 is 0.868 bits per heavy atom. The summed E-state index contributed by atoms with van der Waals surface area (Å²) in [6.07, 6.45) is 5.58. The van der Waals surface area contributed by atoms with Crippen molar-refractivity contribution in [2.24, 2.45) is 17.3 Å². The van der Waals surface area contributed by atoms with Gasteiger partial charge in [-0.05, 0) is 62.1 Å². The first-order chi connectivity index (χ1) is 18.1. The summed E-state index contributed by atoms with van der Waals surface area (Å²) in [7, 11) is 0. The number of benzene rings is 2. The largest absolute Gasteiger partial charge is 0.465 e. The maximum atomic E-state index is 13.3. The normalized spacial score (nSPS) is 13.0. The summed E-state index contributed by atoms with van der Waals surface area (Å²) < 4.78 is 8.54. The van der Waals surface area contributed by atoms with Gasteiger partial charge in [0.1, 0.15) is 0 Å². The Labute approximate surface area is 226 Å². The van der Waals surface area contributed by atoms with E-state index in [1.54, 1.807) is 10.8 Å². The van der Waals surface area contributed by atoms with Gasteiger partial charge < -0.3 is 4.74 Å². The molecule has 0 saturated heterocycles. The summed E-state index contributed by atoms with van der Waals surface area (Å²) in [6, 6.07) is 18.8. The maximum Gasteiger partial charge on any atom is 0.335 e. The van der Waals surface area contributed by atoms with Crippen LogP contribution in [0.3, 0.4) is 0 Å². The number of hydrogen-bond acceptors (Lipinski definition) is 4. The molecule has 2 aromatic carbocycles. The molecule has 0 saturated carbocycles. The smallest absolute Gasteiger partial charge is 0.335 e. The van der Waals surface area contributed by atoms with Gasteiger partial charge in [-0.15, -0.1) is 0 Å². The summed E-state index contributed by atoms with van der Waals surface area (Å²) in [5, 5.41) is 0. The molecule has 0 N–H and O–H groups in total. The van der Waals surface area contributed by atoms with Crippen LogP contribution in [-0.2, 0) is 16.1 Å². The number of carbonyl (C=O) groups is 1. The lowest BCUT2D eigenvalue weighted by Crippen LogP contribution is -2.39. The van der Waals surface area contributed by atoms with Gasteiger partial charge in [0.05, 0.1) is 23.3 Å². The van der Waals surface area contributed by atoms with Crippen molar-refractivity contribution in [2.45, 2.75) is 73.3 Å². The molecule has 6 heteroatoms. The van der Waals surface area contributed by atoms with Crippen LogP contribution in [0.5, 0.6) is 0 Å². The molecular formula is C32H42N2O4. The molecule has 0 amide bonds. The fourth-order valence-electron chi connectivity index (χ4n) is 4.85. The first kappa shape index (κ1) is 29.2. The zero-order chi connectivity index (χ0) is 27.7. The quantitative estimate of drug-likeness (QED) is 0.192. The van der Waals surface area contributed by atoms with E-state index in [0.29, 0.717) is 31.1 Å². The van der Waals surface area contributed by atoms with Crippen LogP contribution >= 0.6 is 0 Å². The van der Waals surface area contributed by atoms with Crippen molar-refractivity contribution in [3.63, 3.8) is 0 Å². The second kappa shape index (κ2) is 13.4. The van der Waals surface area contributed by atoms with Crippen molar-refractivity contribution in [1.82, 2.24) is 9.13 Å². The lowest BCUT2D eigenvalue weighted by molar-refractivity contribution is -0.159. The Morgan fingerprint density at radius 3 is 2.08 bits per heavy atom. The van der Waals surface area contributed by atoms with E-state index in [4.69, 9.17) is 4.74 Å². The molecule has 3 aromatic rings. The molecule has 38 heavy (non-hydrogen) atoms. The van der Waals surface area contributed by atoms with Gasteiger partial charge in [0.25, 0.3) is 5.56 Å². The highest BCUT2D eigenvalue weighted by atomic mass is 16.5. The summed E-state index contributed by atoms with van der Waals surface area (Å²) in [4.78, 5) is 39.4. The van der Waals surface area contributed by atoms with Crippen LogP contribution in [0.4, 0.5) is 0 Å². The van der Waals surface area contributed by atoms with Gasteiger partial charge in [-0.25, -0.2) is 4.79 Å². The van der Waals surface area contributed by atoms with Gasteiger partial charge in [-0.2, -0.15) is 0 Å². The molecule has 0 fully saturated rings. The zero-order valence-corrected chi connectivity index (χ0v) is 23.5. The van der Waals surface area contributed by atoms with Crippen molar-refractivity contribution in [3.8, 4) is 16.8 Å². The van der Waals surface area contributed by atoms with E-state index >= 15 is 0 Å². The fraction of sp³-hybridized carbons (Fsp3) is 0.469. The molecule has 1 unspecified atom stereocenters. The number of carbonyl (C=O) groups excluding carboxylic acids is 1. The highest BCUT2D eigenvalue weighted by molar-refractivity contribution is 5.76. The topological polar surface area (TPSA) is 70.3 Å². The van der Waals surface area contributed by atoms with Gasteiger partial charge in [0.2, 0.25) is 0 Å². The standard InChI is InChI=1S/C32H42N2O4/c1-24(2)22-32(5,25(3)4)30(36)38-21-15-7-6-14-20-33-29(35)28(26-16-10-8-11-17-26)23-34(31(33)37)27-18-12-9-13-19-27/h8-13,16-19,23-25H,6-7,14-15,20-22H2,1-5H3. The van der Waals surface area contributed by atoms with Crippen LogP contribution in [0.2, 0.25) is 0 Å². The Balaban J connectivity index is 1.64. The van der Waals surface area contributed by atoms with Crippen LogP contribution in [0, 0.1) is 17.3 Å². The minimum Gasteiger partial charge on any atom is -0.465 e. The monoisotopic (exact) mass is 518 g/mol. The number of hydrogen-bond donors (Lipinski definition) is 0. The summed E-state index contributed by atoms with van der Waals surface area (Å²) in [5.74, 6) is 0.513. The first-order valence-corrected chi connectivity index (χ1v) is 13.8. The third-order valence-corrected chi connectivity index (χ3v) is 7.37. The van der Waals surface area contributed by atoms with Crippen LogP contribution < -0.4 is 11.2 Å². The van der Waals surface area contributed by atoms with Crippen LogP contribution in [-0.4, -0.2) is 21.7 Å². The molecule has 6 nitrogen and oxygen atoms in total. The average Bonchev–Trinajstić information content (AvgIpc) is 2.90. The van der Waals surface area contributed by atoms with Crippen molar-refractivity contribution < 1.29 is 9.53 Å². The molecule has 0 aliphatic carbocycles. The van der Waals surface area contributed by atoms with E-state index in [-0.39, 0.29) is 23.1 Å². The Morgan fingerprint density at radius 2 is 1.47 bits per heavy atom. The van der Waals surface area contributed by atoms with E-state index < -0.39 is 5.41 Å². The lowest BCUT2D eigenvalue weighted by Gasteiger charge is -2.32. The van der Waals surface area contributed by atoms with Gasteiger partial charge in [-0.1, -0.05) is 82.6 Å². The highest BCUT2D eigenvalue weighted by Crippen LogP contribution is 2.35. The maximum absolute atomic E-state index is 13.3. The molecule has 204 valence electrons. The van der Waals surface area contributed by atoms with Gasteiger partial charge in [0, 0.05) is 12.7 Å². The Hall–Kier alpha value is -3.41. The summed E-state index contributed by atoms with van der Waals surface area (Å²) >= 11 is 0. The number of unbranched alkanes of at least 4 members (excludes halogenated alkanes) is 3. The van der Waals surface area contributed by atoms with Gasteiger partial charge in [0.15, 0.2) is 0 Å². The molecule has 0 aliphatic heterocycles. The first-order valence-electron chi connectivity index (χ1n) is 13.8. The number of para-hydroxylation sites is 1. The predicted octanol–water partition coefficient (Wildman–Crippen LogP) is 6.48. The third kappa shape index (κ3) is 7.12. The minimum absolute atomic E-state index is 0.119. The van der Waals surface area contributed by atoms with Gasteiger partial charge >= 0.3 is 11.7 Å². The third-order valence-electron chi connectivity index (χ3n) is 7.37. The molecular weight excluding hydrogens is 476 g/mol. The second-order valence-electron chi connectivity index (χ2n) is 11.1. The SMILES string of the molecule is CC(C)CC(C)(C(=O)OCCCCCCn1c(=O)c(-c2ccccc2)cn(-c2ccccc2)c1=O)C(C)C. The summed E-state index contributed by atoms with van der Waals surface area (Å²) in [5.41, 5.74) is 0.904. The molecule has 0 aliphatic rings. The van der Waals surface area contributed by atoms with E-state index in [2.05, 4.69) is 27.7 Å². The number of rotatable bonds is 13. The lowest BCUT2D eigenvalue weighted by atomic mass is 9.73. The number of esters is 1. The molecule has 0 spiro atoms. The van der Waals surface area contributed by atoms with Gasteiger partial charge in [-0.3, -0.25) is 18.7 Å². The highest BCUT2D eigenvalue weighted by Gasteiger charge is 2.38. The van der Waals surface area contributed by atoms with Crippen LogP contribution in [0.15, 0.2) is 76.4 Å². The van der Waals surface area contributed by atoms with Crippen molar-refractivity contribution in [2.75, 3.05) is 6.61 Å². The van der Waals surface area contributed by atoms with Crippen molar-refractivity contribution in [3.05, 3.63) is 87.7 Å². The Kier molecular flexibility index (Phi) is 10.3. The zero-order valence-electron chi connectivity index (χ0n) is 23.5. The Bertz CT molecular complexity index is 1220. The number of ether oxygens (including phenoxy) is 1. The van der Waals surface area contributed by atoms with Crippen LogP contribution in [0.25, 0.3) is 16.8 Å². The van der Waals surface area contributed by atoms with E-state index in [1.807, 2.05) is 67.6 Å². The molecule has 0 radical (unpaired) electrons. The molecule has 1 heterocycles. The van der Waals surface area contributed by atoms with Crippen molar-refractivity contribution >= 4 is 5.97 Å².